The monoisotopic (exact) mass is 234 g/mol. The van der Waals surface area contributed by atoms with Crippen LogP contribution in [0.2, 0.25) is 0 Å². The van der Waals surface area contributed by atoms with Crippen molar-refractivity contribution in [3.05, 3.63) is 29.8 Å². The predicted molar refractivity (Wildman–Crippen MR) is 68.5 cm³/mol. The minimum atomic E-state index is -0.461. The van der Waals surface area contributed by atoms with Crippen LogP contribution in [0, 0.1) is 5.41 Å². The second-order valence-corrected chi connectivity index (χ2v) is 4.94. The maximum atomic E-state index is 11.9. The topological polar surface area (TPSA) is 61.7 Å². The Balaban J connectivity index is 3.04. The molecular weight excluding hydrogens is 216 g/mol. The average Bonchev–Trinajstić information content (AvgIpc) is 2.27. The Morgan fingerprint density at radius 2 is 1.88 bits per heavy atom. The number of carbonyl (C=O) groups excluding carboxylic acids is 1. The highest BCUT2D eigenvalue weighted by Crippen LogP contribution is 2.20. The van der Waals surface area contributed by atoms with E-state index in [1.54, 1.807) is 19.1 Å². The van der Waals surface area contributed by atoms with Gasteiger partial charge in [-0.1, -0.05) is 44.1 Å². The van der Waals surface area contributed by atoms with Gasteiger partial charge in [0.2, 0.25) is 5.91 Å². The molecule has 0 bridgehead atoms. The molecule has 0 aliphatic rings. The summed E-state index contributed by atoms with van der Waals surface area (Å²) in [5, 5.41) is 14.8. The van der Waals surface area contributed by atoms with E-state index in [0.717, 1.165) is 0 Å². The molecule has 4 heteroatoms. The lowest BCUT2D eigenvalue weighted by atomic mass is 9.95. The summed E-state index contributed by atoms with van der Waals surface area (Å²) >= 11 is 0. The molecule has 0 spiro atoms. The van der Waals surface area contributed by atoms with Gasteiger partial charge in [0, 0.05) is 16.7 Å². The summed E-state index contributed by atoms with van der Waals surface area (Å²) in [6.07, 6.45) is 0. The van der Waals surface area contributed by atoms with E-state index in [4.69, 9.17) is 5.21 Å². The van der Waals surface area contributed by atoms with Gasteiger partial charge < -0.3 is 10.5 Å². The number of anilines is 1. The van der Waals surface area contributed by atoms with Gasteiger partial charge in [-0.25, -0.2) is 0 Å². The van der Waals surface area contributed by atoms with Gasteiger partial charge in [-0.3, -0.25) is 4.79 Å². The van der Waals surface area contributed by atoms with E-state index in [1.807, 2.05) is 32.9 Å². The van der Waals surface area contributed by atoms with Crippen molar-refractivity contribution < 1.29 is 10.0 Å². The van der Waals surface area contributed by atoms with Crippen LogP contribution >= 0.6 is 0 Å². The number of benzene rings is 1. The van der Waals surface area contributed by atoms with E-state index in [9.17, 15) is 4.79 Å². The van der Waals surface area contributed by atoms with E-state index < -0.39 is 5.41 Å². The summed E-state index contributed by atoms with van der Waals surface area (Å²) < 4.78 is 0. The molecule has 1 aromatic rings. The minimum absolute atomic E-state index is 0.0734. The summed E-state index contributed by atoms with van der Waals surface area (Å²) in [6.45, 7) is 7.22. The molecule has 0 radical (unpaired) electrons. The van der Waals surface area contributed by atoms with Gasteiger partial charge in [-0.2, -0.15) is 0 Å². The number of carbonyl (C=O) groups is 1. The molecule has 0 unspecified atom stereocenters. The van der Waals surface area contributed by atoms with Crippen molar-refractivity contribution in [2.75, 3.05) is 5.32 Å². The standard InChI is InChI=1S/C13H18N2O2/c1-9(15-17)10-7-5-6-8-11(10)14-12(16)13(2,3)4/h5-8,17H,1-4H3,(H,14,16)/b15-9+. The van der Waals surface area contributed by atoms with Crippen molar-refractivity contribution in [1.82, 2.24) is 0 Å². The first kappa shape index (κ1) is 13.2. The van der Waals surface area contributed by atoms with Crippen molar-refractivity contribution in [1.29, 1.82) is 0 Å². The molecule has 2 N–H and O–H groups in total. The Bertz CT molecular complexity index is 445. The highest BCUT2D eigenvalue weighted by molar-refractivity contribution is 6.06. The van der Waals surface area contributed by atoms with Crippen LogP contribution in [0.1, 0.15) is 33.3 Å². The molecule has 0 fully saturated rings. The van der Waals surface area contributed by atoms with Crippen LogP contribution in [0.4, 0.5) is 5.69 Å². The van der Waals surface area contributed by atoms with Crippen LogP contribution in [-0.4, -0.2) is 16.8 Å². The molecular formula is C13H18N2O2. The Kier molecular flexibility index (Phi) is 3.89. The van der Waals surface area contributed by atoms with Gasteiger partial charge in [0.25, 0.3) is 0 Å². The average molecular weight is 234 g/mol. The van der Waals surface area contributed by atoms with Gasteiger partial charge >= 0.3 is 0 Å². The van der Waals surface area contributed by atoms with Crippen LogP contribution in [0.5, 0.6) is 0 Å². The predicted octanol–water partition coefficient (Wildman–Crippen LogP) is 2.87. The van der Waals surface area contributed by atoms with Crippen LogP contribution in [-0.2, 0) is 4.79 Å². The van der Waals surface area contributed by atoms with Gasteiger partial charge in [-0.05, 0) is 13.0 Å². The van der Waals surface area contributed by atoms with E-state index in [1.165, 1.54) is 0 Å². The van der Waals surface area contributed by atoms with Crippen molar-refractivity contribution in [2.45, 2.75) is 27.7 Å². The van der Waals surface area contributed by atoms with E-state index >= 15 is 0 Å². The van der Waals surface area contributed by atoms with E-state index in [2.05, 4.69) is 10.5 Å². The molecule has 0 aliphatic carbocycles. The number of nitrogens with one attached hydrogen (secondary N) is 1. The van der Waals surface area contributed by atoms with Crippen molar-refractivity contribution in [2.24, 2.45) is 10.6 Å². The zero-order valence-electron chi connectivity index (χ0n) is 10.6. The highest BCUT2D eigenvalue weighted by Gasteiger charge is 2.22. The molecule has 0 heterocycles. The minimum Gasteiger partial charge on any atom is -0.411 e. The number of oxime groups is 1. The summed E-state index contributed by atoms with van der Waals surface area (Å²) in [5.74, 6) is -0.0734. The molecule has 17 heavy (non-hydrogen) atoms. The van der Waals surface area contributed by atoms with Crippen LogP contribution in [0.3, 0.4) is 0 Å². The lowest BCUT2D eigenvalue weighted by Crippen LogP contribution is -2.28. The zero-order valence-corrected chi connectivity index (χ0v) is 10.6. The smallest absolute Gasteiger partial charge is 0.229 e. The number of hydrogen-bond donors (Lipinski definition) is 2. The van der Waals surface area contributed by atoms with Crippen molar-refractivity contribution in [3.8, 4) is 0 Å². The molecule has 0 aromatic heterocycles. The van der Waals surface area contributed by atoms with Gasteiger partial charge in [0.15, 0.2) is 0 Å². The van der Waals surface area contributed by atoms with Crippen LogP contribution in [0.15, 0.2) is 29.4 Å². The molecule has 1 rings (SSSR count). The molecule has 1 amide bonds. The molecule has 0 saturated carbocycles. The molecule has 92 valence electrons. The highest BCUT2D eigenvalue weighted by atomic mass is 16.4. The van der Waals surface area contributed by atoms with Gasteiger partial charge in [0.05, 0.1) is 5.71 Å². The SMILES string of the molecule is C/C(=N\O)c1ccccc1NC(=O)C(C)(C)C. The van der Waals surface area contributed by atoms with Gasteiger partial charge in [0.1, 0.15) is 0 Å². The number of amides is 1. The third kappa shape index (κ3) is 3.31. The van der Waals surface area contributed by atoms with Crippen LogP contribution in [0.25, 0.3) is 0 Å². The molecule has 0 saturated heterocycles. The van der Waals surface area contributed by atoms with Crippen LogP contribution < -0.4 is 5.32 Å². The third-order valence-corrected chi connectivity index (χ3v) is 2.40. The summed E-state index contributed by atoms with van der Waals surface area (Å²) in [7, 11) is 0. The number of rotatable bonds is 2. The fourth-order valence-corrected chi connectivity index (χ4v) is 1.27. The number of para-hydroxylation sites is 1. The largest absolute Gasteiger partial charge is 0.411 e. The summed E-state index contributed by atoms with van der Waals surface area (Å²) in [5.41, 5.74) is 1.38. The number of nitrogens with zero attached hydrogens (tertiary/aromatic N) is 1. The first-order chi connectivity index (χ1) is 7.86. The molecule has 4 nitrogen and oxygen atoms in total. The Morgan fingerprint density at radius 3 is 2.41 bits per heavy atom. The molecule has 0 aliphatic heterocycles. The molecule has 1 aromatic carbocycles. The first-order valence-corrected chi connectivity index (χ1v) is 5.46. The second kappa shape index (κ2) is 4.99. The molecule has 0 atom stereocenters. The maximum Gasteiger partial charge on any atom is 0.229 e. The van der Waals surface area contributed by atoms with Gasteiger partial charge in [-0.15, -0.1) is 0 Å². The van der Waals surface area contributed by atoms with Crippen molar-refractivity contribution in [3.63, 3.8) is 0 Å². The quantitative estimate of drug-likeness (QED) is 0.469. The third-order valence-electron chi connectivity index (χ3n) is 2.40. The Labute approximate surface area is 101 Å². The Hall–Kier alpha value is -1.84. The normalized spacial score (nSPS) is 12.4. The van der Waals surface area contributed by atoms with E-state index in [-0.39, 0.29) is 5.91 Å². The fraction of sp³-hybridized carbons (Fsp3) is 0.385. The van der Waals surface area contributed by atoms with E-state index in [0.29, 0.717) is 17.0 Å². The lowest BCUT2D eigenvalue weighted by Gasteiger charge is -2.19. The lowest BCUT2D eigenvalue weighted by molar-refractivity contribution is -0.123. The second-order valence-electron chi connectivity index (χ2n) is 4.94. The Morgan fingerprint density at radius 1 is 1.29 bits per heavy atom. The maximum absolute atomic E-state index is 11.9. The summed E-state index contributed by atoms with van der Waals surface area (Å²) in [6, 6.07) is 7.24. The number of hydrogen-bond acceptors (Lipinski definition) is 3. The van der Waals surface area contributed by atoms with Crippen molar-refractivity contribution >= 4 is 17.3 Å². The first-order valence-electron chi connectivity index (χ1n) is 5.46. The zero-order chi connectivity index (χ0) is 13.1. The fourth-order valence-electron chi connectivity index (χ4n) is 1.27. The summed E-state index contributed by atoms with van der Waals surface area (Å²) in [4.78, 5) is 11.9.